The number of nitrogens with two attached hydrogens (primary N) is 1. The second-order valence-corrected chi connectivity index (χ2v) is 3.70. The molecule has 1 rings (SSSR count). The quantitative estimate of drug-likeness (QED) is 0.796. The van der Waals surface area contributed by atoms with Gasteiger partial charge in [0.05, 0.1) is 0 Å². The van der Waals surface area contributed by atoms with Crippen molar-refractivity contribution in [3.8, 4) is 0 Å². The first-order valence-electron chi connectivity index (χ1n) is 4.21. The van der Waals surface area contributed by atoms with Gasteiger partial charge in [0.25, 0.3) is 0 Å². The van der Waals surface area contributed by atoms with Crippen molar-refractivity contribution in [3.05, 3.63) is 34.5 Å². The molecule has 0 saturated heterocycles. The van der Waals surface area contributed by atoms with Crippen molar-refractivity contribution in [1.82, 2.24) is 0 Å². The van der Waals surface area contributed by atoms with Gasteiger partial charge < -0.3 is 16.6 Å². The summed E-state index contributed by atoms with van der Waals surface area (Å²) in [4.78, 5) is 0. The van der Waals surface area contributed by atoms with Gasteiger partial charge in [-0.1, -0.05) is 11.6 Å². The van der Waals surface area contributed by atoms with E-state index < -0.39 is 23.9 Å². The molecule has 0 bridgehead atoms. The molecule has 0 aromatic heterocycles. The fraction of sp³-hybridized carbons (Fsp3) is 0.333. The first kappa shape index (κ1) is 13.1. The summed E-state index contributed by atoms with van der Waals surface area (Å²) in [5.41, 5.74) is 8.06. The van der Waals surface area contributed by atoms with Crippen molar-refractivity contribution in [2.24, 2.45) is 0 Å². The van der Waals surface area contributed by atoms with Crippen LogP contribution in [0.2, 0.25) is 5.02 Å². The number of alkyl halides is 3. The van der Waals surface area contributed by atoms with Gasteiger partial charge in [-0.15, -0.1) is 6.54 Å². The fourth-order valence-corrected chi connectivity index (χ4v) is 1.41. The minimum atomic E-state index is -4.98. The largest absolute Gasteiger partial charge is 0.675 e. The topological polar surface area (TPSA) is 70.0 Å². The van der Waals surface area contributed by atoms with Crippen LogP contribution in [0.5, 0.6) is 0 Å². The highest BCUT2D eigenvalue weighted by atomic mass is 35.5. The van der Waals surface area contributed by atoms with E-state index in [0.29, 0.717) is 0 Å². The first-order valence-corrected chi connectivity index (χ1v) is 4.59. The average Bonchev–Trinajstić information content (AvgIpc) is 2.19. The summed E-state index contributed by atoms with van der Waals surface area (Å²) in [5, 5.41) is 9.50. The molecule has 0 spiro atoms. The Morgan fingerprint density at radius 1 is 1.38 bits per heavy atom. The maximum Gasteiger partial charge on any atom is 0.419 e. The molecule has 1 aromatic carbocycles. The van der Waals surface area contributed by atoms with E-state index >= 15 is 0 Å². The Labute approximate surface area is 94.8 Å². The summed E-state index contributed by atoms with van der Waals surface area (Å²) in [6.45, 7) is -1.28. The molecular weight excluding hydrogens is 245 g/mol. The van der Waals surface area contributed by atoms with Crippen LogP contribution >= 0.6 is 11.6 Å². The summed E-state index contributed by atoms with van der Waals surface area (Å²) in [7, 11) is 0. The summed E-state index contributed by atoms with van der Waals surface area (Å²) < 4.78 is 37.9. The zero-order valence-electron chi connectivity index (χ0n) is 7.98. The Hall–Kier alpha value is -0.980. The molecule has 1 aromatic rings. The van der Waals surface area contributed by atoms with Gasteiger partial charge in [0.15, 0.2) is 5.60 Å². The van der Waals surface area contributed by atoms with E-state index in [1.54, 1.807) is 0 Å². The number of nitrogens with one attached hydrogen (secondary N) is 1. The molecule has 0 amide bonds. The van der Waals surface area contributed by atoms with Crippen LogP contribution in [-0.4, -0.2) is 17.8 Å². The van der Waals surface area contributed by atoms with Crippen molar-refractivity contribution in [2.75, 3.05) is 12.3 Å². The zero-order chi connectivity index (χ0) is 12.6. The van der Waals surface area contributed by atoms with Crippen LogP contribution in [0.1, 0.15) is 5.56 Å². The summed E-state index contributed by atoms with van der Waals surface area (Å²) >= 11 is 5.53. The van der Waals surface area contributed by atoms with Gasteiger partial charge in [0, 0.05) is 16.3 Å². The second kappa shape index (κ2) is 4.12. The molecule has 3 nitrogen and oxygen atoms in total. The number of halogens is 4. The van der Waals surface area contributed by atoms with E-state index in [0.717, 1.165) is 12.1 Å². The molecule has 0 aliphatic rings. The van der Waals surface area contributed by atoms with Gasteiger partial charge in [-0.2, -0.15) is 13.2 Å². The number of anilines is 1. The van der Waals surface area contributed by atoms with Gasteiger partial charge in [0.1, 0.15) is 0 Å². The molecular formula is C9H9ClF3N2O-. The second-order valence-electron chi connectivity index (χ2n) is 3.27. The molecule has 7 heteroatoms. The lowest BCUT2D eigenvalue weighted by molar-refractivity contribution is -0.259. The van der Waals surface area contributed by atoms with E-state index in [9.17, 15) is 18.3 Å². The standard InChI is InChI=1S/C9H9ClF3N2O/c10-5-1-2-7(15)6(3-5)8(16,4-14)9(11,12)13/h1-3,14,16H,4,15H2/q-1. The smallest absolute Gasteiger partial charge is 0.419 e. The number of hydrogen-bond donors (Lipinski definition) is 2. The van der Waals surface area contributed by atoms with Gasteiger partial charge >= 0.3 is 6.18 Å². The van der Waals surface area contributed by atoms with Crippen molar-refractivity contribution < 1.29 is 18.3 Å². The third-order valence-corrected chi connectivity index (χ3v) is 2.42. The SMILES string of the molecule is [NH-]CC(O)(c1cc(Cl)ccc1N)C(F)(F)F. The lowest BCUT2D eigenvalue weighted by atomic mass is 9.92. The Morgan fingerprint density at radius 2 is 1.94 bits per heavy atom. The Balaban J connectivity index is 3.39. The average molecular weight is 254 g/mol. The van der Waals surface area contributed by atoms with Gasteiger partial charge in [-0.25, -0.2) is 0 Å². The van der Waals surface area contributed by atoms with E-state index in [1.165, 1.54) is 6.07 Å². The number of aliphatic hydroxyl groups is 1. The van der Waals surface area contributed by atoms with Crippen LogP contribution in [-0.2, 0) is 5.60 Å². The van der Waals surface area contributed by atoms with E-state index in [-0.39, 0.29) is 10.7 Å². The molecule has 0 saturated carbocycles. The Bertz CT molecular complexity index is 397. The van der Waals surface area contributed by atoms with Crippen molar-refractivity contribution in [3.63, 3.8) is 0 Å². The number of rotatable bonds is 2. The third kappa shape index (κ3) is 2.09. The summed E-state index contributed by atoms with van der Waals surface area (Å²) in [5.74, 6) is 0. The van der Waals surface area contributed by atoms with Crippen LogP contribution in [0, 0.1) is 0 Å². The molecule has 0 aliphatic carbocycles. The maximum absolute atomic E-state index is 12.6. The van der Waals surface area contributed by atoms with Crippen LogP contribution < -0.4 is 5.73 Å². The monoisotopic (exact) mass is 253 g/mol. The molecule has 0 heterocycles. The highest BCUT2D eigenvalue weighted by molar-refractivity contribution is 6.30. The lowest BCUT2D eigenvalue weighted by Gasteiger charge is -2.34. The molecule has 1 atom stereocenters. The van der Waals surface area contributed by atoms with Crippen LogP contribution in [0.15, 0.2) is 18.2 Å². The highest BCUT2D eigenvalue weighted by Gasteiger charge is 2.52. The van der Waals surface area contributed by atoms with Crippen LogP contribution in [0.3, 0.4) is 0 Å². The predicted molar refractivity (Wildman–Crippen MR) is 55.0 cm³/mol. The Kier molecular flexibility index (Phi) is 3.37. The molecule has 1 unspecified atom stereocenters. The van der Waals surface area contributed by atoms with Crippen LogP contribution in [0.25, 0.3) is 5.73 Å². The number of nitrogen functional groups attached to an aromatic ring is 1. The molecule has 0 aliphatic heterocycles. The highest BCUT2D eigenvalue weighted by Crippen LogP contribution is 2.42. The third-order valence-electron chi connectivity index (χ3n) is 2.19. The Morgan fingerprint density at radius 3 is 2.38 bits per heavy atom. The lowest BCUT2D eigenvalue weighted by Crippen LogP contribution is -2.45. The van der Waals surface area contributed by atoms with E-state index in [2.05, 4.69) is 0 Å². The summed E-state index contributed by atoms with van der Waals surface area (Å²) in [6.07, 6.45) is -4.98. The first-order chi connectivity index (χ1) is 7.22. The normalized spacial score (nSPS) is 15.9. The predicted octanol–water partition coefficient (Wildman–Crippen LogP) is 2.72. The molecule has 90 valence electrons. The van der Waals surface area contributed by atoms with Crippen LogP contribution in [0.4, 0.5) is 18.9 Å². The minimum absolute atomic E-state index is 0.0142. The van der Waals surface area contributed by atoms with E-state index in [4.69, 9.17) is 23.1 Å². The van der Waals surface area contributed by atoms with E-state index in [1.807, 2.05) is 0 Å². The molecule has 0 radical (unpaired) electrons. The fourth-order valence-electron chi connectivity index (χ4n) is 1.23. The maximum atomic E-state index is 12.6. The van der Waals surface area contributed by atoms with Gasteiger partial charge in [-0.3, -0.25) is 0 Å². The minimum Gasteiger partial charge on any atom is -0.675 e. The van der Waals surface area contributed by atoms with Crippen molar-refractivity contribution in [2.45, 2.75) is 11.8 Å². The molecule has 16 heavy (non-hydrogen) atoms. The number of hydrogen-bond acceptors (Lipinski definition) is 2. The van der Waals surface area contributed by atoms with Gasteiger partial charge in [-0.05, 0) is 18.2 Å². The van der Waals surface area contributed by atoms with Crippen molar-refractivity contribution in [1.29, 1.82) is 0 Å². The number of benzene rings is 1. The summed E-state index contributed by atoms with van der Waals surface area (Å²) in [6, 6.07) is 3.38. The molecule has 4 N–H and O–H groups in total. The van der Waals surface area contributed by atoms with Gasteiger partial charge in [0.2, 0.25) is 0 Å². The zero-order valence-corrected chi connectivity index (χ0v) is 8.73. The van der Waals surface area contributed by atoms with Crippen molar-refractivity contribution >= 4 is 17.3 Å². The molecule has 0 fully saturated rings.